The van der Waals surface area contributed by atoms with E-state index in [-0.39, 0.29) is 11.8 Å². The van der Waals surface area contributed by atoms with E-state index < -0.39 is 11.7 Å². The van der Waals surface area contributed by atoms with Crippen molar-refractivity contribution in [3.63, 3.8) is 0 Å². The maximum absolute atomic E-state index is 12.8. The predicted molar refractivity (Wildman–Crippen MR) is 93.1 cm³/mol. The van der Waals surface area contributed by atoms with Gasteiger partial charge in [-0.25, -0.2) is 0 Å². The Balaban J connectivity index is 1.87. The molecule has 1 amide bonds. The van der Waals surface area contributed by atoms with Crippen LogP contribution in [0.3, 0.4) is 0 Å². The second kappa shape index (κ2) is 7.19. The second-order valence-corrected chi connectivity index (χ2v) is 6.14. The Labute approximate surface area is 149 Å². The molecule has 0 radical (unpaired) electrons. The van der Waals surface area contributed by atoms with E-state index in [1.165, 1.54) is 18.2 Å². The van der Waals surface area contributed by atoms with Gasteiger partial charge in [-0.15, -0.1) is 0 Å². The van der Waals surface area contributed by atoms with Crippen molar-refractivity contribution in [2.24, 2.45) is 5.92 Å². The third-order valence-corrected chi connectivity index (χ3v) is 4.34. The van der Waals surface area contributed by atoms with E-state index in [9.17, 15) is 18.0 Å². The van der Waals surface area contributed by atoms with E-state index in [0.29, 0.717) is 25.2 Å². The van der Waals surface area contributed by atoms with Gasteiger partial charge in [-0.2, -0.15) is 13.2 Å². The van der Waals surface area contributed by atoms with Crippen molar-refractivity contribution in [2.45, 2.75) is 12.6 Å². The van der Waals surface area contributed by atoms with E-state index >= 15 is 0 Å². The number of benzene rings is 1. The van der Waals surface area contributed by atoms with Gasteiger partial charge in [-0.3, -0.25) is 9.78 Å². The summed E-state index contributed by atoms with van der Waals surface area (Å²) >= 11 is 0. The molecule has 0 fully saturated rings. The van der Waals surface area contributed by atoms with Gasteiger partial charge in [-0.05, 0) is 54.8 Å². The highest BCUT2D eigenvalue weighted by molar-refractivity contribution is 5.86. The molecule has 0 unspecified atom stereocenters. The zero-order chi connectivity index (χ0) is 18.7. The summed E-state index contributed by atoms with van der Waals surface area (Å²) in [5.74, 6) is -0.165. The lowest BCUT2D eigenvalue weighted by Gasteiger charge is -2.35. The molecule has 0 saturated heterocycles. The van der Waals surface area contributed by atoms with Crippen LogP contribution in [0, 0.1) is 5.92 Å². The zero-order valence-electron chi connectivity index (χ0n) is 14.0. The van der Waals surface area contributed by atoms with Gasteiger partial charge < -0.3 is 10.2 Å². The SMILES string of the molecule is C=CC(=O)NC[C@H]1Cc2ncccc2N(c2ccc(C(F)(F)F)cc2)C1. The highest BCUT2D eigenvalue weighted by Crippen LogP contribution is 2.36. The first kappa shape index (κ1) is 18.0. The Bertz CT molecular complexity index is 802. The monoisotopic (exact) mass is 361 g/mol. The number of fused-ring (bicyclic) bond motifs is 1. The fourth-order valence-electron chi connectivity index (χ4n) is 3.06. The number of halogens is 3. The van der Waals surface area contributed by atoms with Crippen LogP contribution in [0.15, 0.2) is 55.3 Å². The molecule has 4 nitrogen and oxygen atoms in total. The van der Waals surface area contributed by atoms with E-state index in [1.807, 2.05) is 11.0 Å². The Morgan fingerprint density at radius 3 is 2.69 bits per heavy atom. The third-order valence-electron chi connectivity index (χ3n) is 4.34. The molecule has 7 heteroatoms. The molecule has 1 aliphatic rings. The molecule has 2 aromatic rings. The van der Waals surface area contributed by atoms with Crippen molar-refractivity contribution in [3.05, 3.63) is 66.5 Å². The van der Waals surface area contributed by atoms with E-state index in [2.05, 4.69) is 16.9 Å². The van der Waals surface area contributed by atoms with Gasteiger partial charge in [0.15, 0.2) is 0 Å². The van der Waals surface area contributed by atoms with Crippen LogP contribution in [0.25, 0.3) is 0 Å². The molecule has 1 N–H and O–H groups in total. The number of nitrogens with zero attached hydrogens (tertiary/aromatic N) is 2. The summed E-state index contributed by atoms with van der Waals surface area (Å²) < 4.78 is 38.4. The summed E-state index contributed by atoms with van der Waals surface area (Å²) in [6.45, 7) is 4.44. The Morgan fingerprint density at radius 1 is 1.31 bits per heavy atom. The number of aromatic nitrogens is 1. The molecule has 1 aromatic carbocycles. The van der Waals surface area contributed by atoms with Crippen LogP contribution in [-0.4, -0.2) is 24.0 Å². The fraction of sp³-hybridized carbons (Fsp3) is 0.263. The summed E-state index contributed by atoms with van der Waals surface area (Å²) in [5, 5.41) is 2.77. The van der Waals surface area contributed by atoms with Gasteiger partial charge in [0.1, 0.15) is 0 Å². The minimum Gasteiger partial charge on any atom is -0.352 e. The maximum atomic E-state index is 12.8. The molecule has 26 heavy (non-hydrogen) atoms. The first-order valence-electron chi connectivity index (χ1n) is 8.17. The van der Waals surface area contributed by atoms with Crippen molar-refractivity contribution < 1.29 is 18.0 Å². The summed E-state index contributed by atoms with van der Waals surface area (Å²) in [6, 6.07) is 8.78. The van der Waals surface area contributed by atoms with Crippen LogP contribution in [0.5, 0.6) is 0 Å². The van der Waals surface area contributed by atoms with Gasteiger partial charge in [0, 0.05) is 25.0 Å². The standard InChI is InChI=1S/C19H18F3N3O/c1-2-18(26)24-11-13-10-16-17(4-3-9-23-16)25(12-13)15-7-5-14(6-8-15)19(20,21)22/h2-9,13H,1,10-12H2,(H,24,26)/t13-/m1/s1. The van der Waals surface area contributed by atoms with Crippen LogP contribution < -0.4 is 10.2 Å². The van der Waals surface area contributed by atoms with Gasteiger partial charge in [0.05, 0.1) is 16.9 Å². The highest BCUT2D eigenvalue weighted by atomic mass is 19.4. The number of nitrogens with one attached hydrogen (secondary N) is 1. The van der Waals surface area contributed by atoms with Gasteiger partial charge in [-0.1, -0.05) is 6.58 Å². The van der Waals surface area contributed by atoms with E-state index in [1.54, 1.807) is 12.3 Å². The van der Waals surface area contributed by atoms with Crippen LogP contribution in [0.4, 0.5) is 24.5 Å². The minimum absolute atomic E-state index is 0.0867. The first-order chi connectivity index (χ1) is 12.4. The molecule has 136 valence electrons. The van der Waals surface area contributed by atoms with Crippen LogP contribution in [0.1, 0.15) is 11.3 Å². The van der Waals surface area contributed by atoms with E-state index in [4.69, 9.17) is 0 Å². The second-order valence-electron chi connectivity index (χ2n) is 6.14. The topological polar surface area (TPSA) is 45.2 Å². The molecular weight excluding hydrogens is 343 g/mol. The van der Waals surface area contributed by atoms with Crippen LogP contribution >= 0.6 is 0 Å². The van der Waals surface area contributed by atoms with Crippen molar-refractivity contribution in [1.29, 1.82) is 0 Å². The van der Waals surface area contributed by atoms with Crippen LogP contribution in [-0.2, 0) is 17.4 Å². The third kappa shape index (κ3) is 3.87. The number of hydrogen-bond acceptors (Lipinski definition) is 3. The summed E-state index contributed by atoms with van der Waals surface area (Å²) in [4.78, 5) is 17.8. The molecule has 0 spiro atoms. The molecule has 3 rings (SSSR count). The smallest absolute Gasteiger partial charge is 0.352 e. The fourth-order valence-corrected chi connectivity index (χ4v) is 3.06. The molecule has 0 saturated carbocycles. The number of alkyl halides is 3. The average Bonchev–Trinajstić information content (AvgIpc) is 2.64. The first-order valence-corrected chi connectivity index (χ1v) is 8.17. The molecule has 1 atom stereocenters. The molecule has 2 heterocycles. The number of carbonyl (C=O) groups is 1. The lowest BCUT2D eigenvalue weighted by Crippen LogP contribution is -2.39. The minimum atomic E-state index is -4.36. The molecule has 0 aliphatic carbocycles. The normalized spacial score (nSPS) is 16.7. The van der Waals surface area contributed by atoms with Crippen molar-refractivity contribution >= 4 is 17.3 Å². The number of amides is 1. The van der Waals surface area contributed by atoms with Crippen molar-refractivity contribution in [1.82, 2.24) is 10.3 Å². The maximum Gasteiger partial charge on any atom is 0.416 e. The lowest BCUT2D eigenvalue weighted by molar-refractivity contribution is -0.137. The van der Waals surface area contributed by atoms with Gasteiger partial charge in [0.2, 0.25) is 5.91 Å². The Hall–Kier alpha value is -2.83. The zero-order valence-corrected chi connectivity index (χ0v) is 14.0. The summed E-state index contributed by atoms with van der Waals surface area (Å²) in [6.07, 6.45) is -0.779. The Kier molecular flexibility index (Phi) is 4.97. The highest BCUT2D eigenvalue weighted by Gasteiger charge is 2.31. The quantitative estimate of drug-likeness (QED) is 0.845. The Morgan fingerprint density at radius 2 is 2.04 bits per heavy atom. The summed E-state index contributed by atoms with van der Waals surface area (Å²) in [7, 11) is 0. The lowest BCUT2D eigenvalue weighted by atomic mass is 9.95. The average molecular weight is 361 g/mol. The molecule has 1 aliphatic heterocycles. The number of rotatable bonds is 4. The molecule has 1 aromatic heterocycles. The summed E-state index contributed by atoms with van der Waals surface area (Å²) in [5.41, 5.74) is 1.71. The number of carbonyl (C=O) groups excluding carboxylic acids is 1. The number of hydrogen-bond donors (Lipinski definition) is 1. The van der Waals surface area contributed by atoms with Gasteiger partial charge in [0.25, 0.3) is 0 Å². The van der Waals surface area contributed by atoms with Crippen molar-refractivity contribution in [2.75, 3.05) is 18.0 Å². The van der Waals surface area contributed by atoms with Gasteiger partial charge >= 0.3 is 6.18 Å². The largest absolute Gasteiger partial charge is 0.416 e. The molecule has 0 bridgehead atoms. The predicted octanol–water partition coefficient (Wildman–Crippen LogP) is 3.71. The van der Waals surface area contributed by atoms with Crippen molar-refractivity contribution in [3.8, 4) is 0 Å². The van der Waals surface area contributed by atoms with E-state index in [0.717, 1.165) is 23.5 Å². The molecular formula is C19H18F3N3O. The van der Waals surface area contributed by atoms with Crippen LogP contribution in [0.2, 0.25) is 0 Å². The number of pyridine rings is 1. The number of anilines is 2.